The van der Waals surface area contributed by atoms with Crippen molar-refractivity contribution in [2.45, 2.75) is 6.54 Å². The highest BCUT2D eigenvalue weighted by molar-refractivity contribution is 9.10. The number of hydrogen-bond acceptors (Lipinski definition) is 2. The third-order valence-electron chi connectivity index (χ3n) is 2.47. The fraction of sp³-hybridized carbons (Fsp3) is 0.0714. The van der Waals surface area contributed by atoms with Crippen molar-refractivity contribution in [2.75, 3.05) is 0 Å². The molecular formula is C14H12BrNO2. The number of nitrogens with one attached hydrogen (secondary N) is 1. The predicted molar refractivity (Wildman–Crippen MR) is 73.4 cm³/mol. The molecule has 3 nitrogen and oxygen atoms in total. The lowest BCUT2D eigenvalue weighted by Gasteiger charge is -2.06. The molecule has 1 amide bonds. The molecule has 0 saturated heterocycles. The standard InChI is InChI=1S/C14H12BrNO2/c15-12-3-1-2-10(8-12)9-16-14(18)11-4-6-13(17)7-5-11/h1-8,17H,9H2,(H,16,18). The van der Waals surface area contributed by atoms with E-state index in [4.69, 9.17) is 5.11 Å². The third kappa shape index (κ3) is 3.34. The number of aromatic hydroxyl groups is 1. The van der Waals surface area contributed by atoms with E-state index in [-0.39, 0.29) is 11.7 Å². The van der Waals surface area contributed by atoms with Crippen LogP contribution in [0.3, 0.4) is 0 Å². The zero-order valence-electron chi connectivity index (χ0n) is 9.56. The predicted octanol–water partition coefficient (Wildman–Crippen LogP) is 3.08. The molecule has 2 aromatic carbocycles. The summed E-state index contributed by atoms with van der Waals surface area (Å²) in [7, 11) is 0. The van der Waals surface area contributed by atoms with E-state index in [0.29, 0.717) is 12.1 Å². The maximum Gasteiger partial charge on any atom is 0.251 e. The minimum Gasteiger partial charge on any atom is -0.508 e. The third-order valence-corrected chi connectivity index (χ3v) is 2.96. The van der Waals surface area contributed by atoms with Crippen LogP contribution in [0.5, 0.6) is 5.75 Å². The molecule has 0 aliphatic heterocycles. The number of phenolic OH excluding ortho intramolecular Hbond substituents is 1. The van der Waals surface area contributed by atoms with Gasteiger partial charge >= 0.3 is 0 Å². The number of halogens is 1. The Hall–Kier alpha value is -1.81. The first-order valence-corrected chi connectivity index (χ1v) is 6.26. The van der Waals surface area contributed by atoms with E-state index in [1.807, 2.05) is 24.3 Å². The van der Waals surface area contributed by atoms with Gasteiger partial charge < -0.3 is 10.4 Å². The van der Waals surface area contributed by atoms with Crippen LogP contribution in [-0.2, 0) is 6.54 Å². The second-order valence-electron chi connectivity index (χ2n) is 3.86. The van der Waals surface area contributed by atoms with E-state index in [2.05, 4.69) is 21.2 Å². The second kappa shape index (κ2) is 5.69. The molecule has 0 atom stereocenters. The van der Waals surface area contributed by atoms with Gasteiger partial charge in [-0.2, -0.15) is 0 Å². The van der Waals surface area contributed by atoms with Crippen LogP contribution in [0, 0.1) is 0 Å². The lowest BCUT2D eigenvalue weighted by Crippen LogP contribution is -2.22. The van der Waals surface area contributed by atoms with Crippen LogP contribution in [0.2, 0.25) is 0 Å². The summed E-state index contributed by atoms with van der Waals surface area (Å²) in [6.07, 6.45) is 0. The van der Waals surface area contributed by atoms with Gasteiger partial charge in [-0.15, -0.1) is 0 Å². The van der Waals surface area contributed by atoms with Crippen LogP contribution >= 0.6 is 15.9 Å². The minimum absolute atomic E-state index is 0.151. The van der Waals surface area contributed by atoms with E-state index in [1.54, 1.807) is 12.1 Å². The Morgan fingerprint density at radius 1 is 1.17 bits per heavy atom. The van der Waals surface area contributed by atoms with Crippen LogP contribution < -0.4 is 5.32 Å². The average Bonchev–Trinajstić information content (AvgIpc) is 2.37. The van der Waals surface area contributed by atoms with Gasteiger partial charge in [-0.25, -0.2) is 0 Å². The number of phenols is 1. The van der Waals surface area contributed by atoms with Crippen LogP contribution in [0.1, 0.15) is 15.9 Å². The summed E-state index contributed by atoms with van der Waals surface area (Å²) >= 11 is 3.38. The van der Waals surface area contributed by atoms with Crippen molar-refractivity contribution in [3.05, 3.63) is 64.1 Å². The molecule has 0 radical (unpaired) electrons. The summed E-state index contributed by atoms with van der Waals surface area (Å²) in [6.45, 7) is 0.471. The van der Waals surface area contributed by atoms with Crippen molar-refractivity contribution in [3.8, 4) is 5.75 Å². The van der Waals surface area contributed by atoms with E-state index in [9.17, 15) is 4.79 Å². The van der Waals surface area contributed by atoms with E-state index in [1.165, 1.54) is 12.1 Å². The summed E-state index contributed by atoms with van der Waals surface area (Å²) in [4.78, 5) is 11.8. The molecule has 2 aromatic rings. The van der Waals surface area contributed by atoms with Crippen molar-refractivity contribution in [2.24, 2.45) is 0 Å². The Morgan fingerprint density at radius 3 is 2.56 bits per heavy atom. The van der Waals surface area contributed by atoms with Crippen LogP contribution in [-0.4, -0.2) is 11.0 Å². The fourth-order valence-corrected chi connectivity index (χ4v) is 1.99. The zero-order chi connectivity index (χ0) is 13.0. The minimum atomic E-state index is -0.157. The fourth-order valence-electron chi connectivity index (χ4n) is 1.54. The monoisotopic (exact) mass is 305 g/mol. The largest absolute Gasteiger partial charge is 0.508 e. The first-order valence-electron chi connectivity index (χ1n) is 5.47. The van der Waals surface area contributed by atoms with Gasteiger partial charge in [0.1, 0.15) is 5.75 Å². The number of rotatable bonds is 3. The van der Waals surface area contributed by atoms with Crippen molar-refractivity contribution in [3.63, 3.8) is 0 Å². The van der Waals surface area contributed by atoms with Crippen LogP contribution in [0.25, 0.3) is 0 Å². The van der Waals surface area contributed by atoms with Crippen molar-refractivity contribution in [1.29, 1.82) is 0 Å². The number of hydrogen-bond donors (Lipinski definition) is 2. The number of benzene rings is 2. The van der Waals surface area contributed by atoms with E-state index >= 15 is 0 Å². The van der Waals surface area contributed by atoms with Gasteiger partial charge in [0.05, 0.1) is 0 Å². The van der Waals surface area contributed by atoms with Crippen molar-refractivity contribution >= 4 is 21.8 Å². The summed E-state index contributed by atoms with van der Waals surface area (Å²) in [5, 5.41) is 12.0. The summed E-state index contributed by atoms with van der Waals surface area (Å²) in [5.74, 6) is -0.00600. The second-order valence-corrected chi connectivity index (χ2v) is 4.78. The Balaban J connectivity index is 1.98. The number of carbonyl (C=O) groups is 1. The van der Waals surface area contributed by atoms with Gasteiger partial charge in [-0.1, -0.05) is 28.1 Å². The maximum atomic E-state index is 11.8. The molecule has 2 rings (SSSR count). The molecular weight excluding hydrogens is 294 g/mol. The normalized spacial score (nSPS) is 10.1. The smallest absolute Gasteiger partial charge is 0.251 e. The molecule has 92 valence electrons. The molecule has 2 N–H and O–H groups in total. The Morgan fingerprint density at radius 2 is 1.89 bits per heavy atom. The zero-order valence-corrected chi connectivity index (χ0v) is 11.1. The maximum absolute atomic E-state index is 11.8. The van der Waals surface area contributed by atoms with E-state index < -0.39 is 0 Å². The topological polar surface area (TPSA) is 49.3 Å². The van der Waals surface area contributed by atoms with E-state index in [0.717, 1.165) is 10.0 Å². The summed E-state index contributed by atoms with van der Waals surface area (Å²) in [6, 6.07) is 13.9. The molecule has 0 fully saturated rings. The first kappa shape index (κ1) is 12.6. The average molecular weight is 306 g/mol. The molecule has 0 saturated carbocycles. The van der Waals surface area contributed by atoms with Gasteiger partial charge in [0, 0.05) is 16.6 Å². The summed E-state index contributed by atoms with van der Waals surface area (Å²) < 4.78 is 0.985. The molecule has 0 bridgehead atoms. The molecule has 0 aromatic heterocycles. The highest BCUT2D eigenvalue weighted by atomic mass is 79.9. The molecule has 0 unspecified atom stereocenters. The highest BCUT2D eigenvalue weighted by Gasteiger charge is 2.04. The Kier molecular flexibility index (Phi) is 3.99. The lowest BCUT2D eigenvalue weighted by atomic mass is 10.2. The number of amides is 1. The van der Waals surface area contributed by atoms with Crippen molar-refractivity contribution < 1.29 is 9.90 Å². The first-order chi connectivity index (χ1) is 8.65. The SMILES string of the molecule is O=C(NCc1cccc(Br)c1)c1ccc(O)cc1. The van der Waals surface area contributed by atoms with Gasteiger partial charge in [-0.3, -0.25) is 4.79 Å². The van der Waals surface area contributed by atoms with Crippen LogP contribution in [0.4, 0.5) is 0 Å². The van der Waals surface area contributed by atoms with Gasteiger partial charge in [0.15, 0.2) is 0 Å². The molecule has 0 spiro atoms. The van der Waals surface area contributed by atoms with Gasteiger partial charge in [0.2, 0.25) is 0 Å². The Labute approximate surface area is 114 Å². The summed E-state index contributed by atoms with van der Waals surface area (Å²) in [5.41, 5.74) is 1.55. The Bertz CT molecular complexity index is 552. The quantitative estimate of drug-likeness (QED) is 0.915. The molecule has 0 aliphatic rings. The number of carbonyl (C=O) groups excluding carboxylic acids is 1. The molecule has 18 heavy (non-hydrogen) atoms. The van der Waals surface area contributed by atoms with Crippen LogP contribution in [0.15, 0.2) is 53.0 Å². The highest BCUT2D eigenvalue weighted by Crippen LogP contribution is 2.12. The molecule has 0 heterocycles. The molecule has 0 aliphatic carbocycles. The van der Waals surface area contributed by atoms with Gasteiger partial charge in [0.25, 0.3) is 5.91 Å². The van der Waals surface area contributed by atoms with Crippen molar-refractivity contribution in [1.82, 2.24) is 5.32 Å². The lowest BCUT2D eigenvalue weighted by molar-refractivity contribution is 0.0951. The van der Waals surface area contributed by atoms with Gasteiger partial charge in [-0.05, 0) is 42.0 Å². The molecule has 4 heteroatoms.